The summed E-state index contributed by atoms with van der Waals surface area (Å²) in [7, 11) is 1.29. The van der Waals surface area contributed by atoms with Gasteiger partial charge in [0, 0.05) is 18.7 Å². The number of hydrogen-bond acceptors (Lipinski definition) is 5. The number of esters is 1. The fourth-order valence-corrected chi connectivity index (χ4v) is 1.69. The Hall–Kier alpha value is -2.76. The number of ether oxygens (including phenoxy) is 2. The molecule has 0 aliphatic heterocycles. The normalized spacial score (nSPS) is 10.0. The van der Waals surface area contributed by atoms with E-state index in [0.29, 0.717) is 17.2 Å². The zero-order valence-electron chi connectivity index (χ0n) is 11.7. The Kier molecular flexibility index (Phi) is 4.61. The van der Waals surface area contributed by atoms with Crippen LogP contribution in [-0.2, 0) is 16.1 Å². The van der Waals surface area contributed by atoms with E-state index in [-0.39, 0.29) is 18.3 Å². The lowest BCUT2D eigenvalue weighted by Gasteiger charge is -2.07. The molecule has 0 spiro atoms. The maximum Gasteiger partial charge on any atom is 0.373 e. The molecule has 2 rings (SSSR count). The highest BCUT2D eigenvalue weighted by Gasteiger charge is 2.11. The zero-order chi connectivity index (χ0) is 15.2. The molecule has 0 saturated heterocycles. The minimum Gasteiger partial charge on any atom is -0.486 e. The van der Waals surface area contributed by atoms with Gasteiger partial charge >= 0.3 is 5.97 Å². The van der Waals surface area contributed by atoms with Gasteiger partial charge < -0.3 is 19.2 Å². The molecule has 1 aromatic carbocycles. The second-order valence-corrected chi connectivity index (χ2v) is 4.26. The summed E-state index contributed by atoms with van der Waals surface area (Å²) in [6.45, 7) is 1.60. The van der Waals surface area contributed by atoms with Crippen LogP contribution in [0.15, 0.2) is 40.8 Å². The van der Waals surface area contributed by atoms with E-state index in [2.05, 4.69) is 10.1 Å². The van der Waals surface area contributed by atoms with Gasteiger partial charge in [-0.25, -0.2) is 4.79 Å². The largest absolute Gasteiger partial charge is 0.486 e. The molecule has 1 amide bonds. The van der Waals surface area contributed by atoms with Crippen molar-refractivity contribution in [2.24, 2.45) is 0 Å². The Morgan fingerprint density at radius 2 is 2.05 bits per heavy atom. The topological polar surface area (TPSA) is 77.8 Å². The molecule has 0 unspecified atom stereocenters. The second kappa shape index (κ2) is 6.60. The third-order valence-corrected chi connectivity index (χ3v) is 2.58. The number of carbonyl (C=O) groups is 2. The molecule has 0 aliphatic rings. The lowest BCUT2D eigenvalue weighted by atomic mass is 10.3. The summed E-state index contributed by atoms with van der Waals surface area (Å²) in [4.78, 5) is 22.2. The van der Waals surface area contributed by atoms with Crippen molar-refractivity contribution >= 4 is 17.6 Å². The van der Waals surface area contributed by atoms with Gasteiger partial charge in [0.05, 0.1) is 7.11 Å². The molecule has 2 aromatic rings. The summed E-state index contributed by atoms with van der Waals surface area (Å²) in [5.41, 5.74) is 0.648. The average molecular weight is 289 g/mol. The fraction of sp³-hybridized carbons (Fsp3) is 0.200. The van der Waals surface area contributed by atoms with Crippen LogP contribution in [0.3, 0.4) is 0 Å². The lowest BCUT2D eigenvalue weighted by Crippen LogP contribution is -2.05. The summed E-state index contributed by atoms with van der Waals surface area (Å²) in [5, 5.41) is 2.67. The number of amides is 1. The second-order valence-electron chi connectivity index (χ2n) is 4.26. The fourth-order valence-electron chi connectivity index (χ4n) is 1.69. The van der Waals surface area contributed by atoms with Crippen LogP contribution in [0, 0.1) is 0 Å². The molecule has 1 N–H and O–H groups in total. The Morgan fingerprint density at radius 1 is 1.24 bits per heavy atom. The van der Waals surface area contributed by atoms with Crippen LogP contribution in [0.4, 0.5) is 5.69 Å². The van der Waals surface area contributed by atoms with Gasteiger partial charge in [-0.3, -0.25) is 4.79 Å². The average Bonchev–Trinajstić information content (AvgIpc) is 2.93. The molecule has 0 saturated carbocycles. The highest BCUT2D eigenvalue weighted by atomic mass is 16.5. The van der Waals surface area contributed by atoms with Gasteiger partial charge in [0.1, 0.15) is 18.1 Å². The molecule has 0 radical (unpaired) electrons. The molecule has 110 valence electrons. The molecular weight excluding hydrogens is 274 g/mol. The van der Waals surface area contributed by atoms with Gasteiger partial charge in [-0.2, -0.15) is 0 Å². The van der Waals surface area contributed by atoms with E-state index >= 15 is 0 Å². The van der Waals surface area contributed by atoms with Crippen molar-refractivity contribution in [1.82, 2.24) is 0 Å². The van der Waals surface area contributed by atoms with Gasteiger partial charge in [0.2, 0.25) is 11.7 Å². The van der Waals surface area contributed by atoms with Gasteiger partial charge in [-0.05, 0) is 24.3 Å². The lowest BCUT2D eigenvalue weighted by molar-refractivity contribution is -0.114. The molecule has 6 nitrogen and oxygen atoms in total. The first-order chi connectivity index (χ1) is 10.1. The Bertz CT molecular complexity index is 647. The van der Waals surface area contributed by atoms with Crippen LogP contribution in [0.5, 0.6) is 5.75 Å². The van der Waals surface area contributed by atoms with E-state index in [1.165, 1.54) is 20.1 Å². The van der Waals surface area contributed by atoms with Crippen molar-refractivity contribution in [3.05, 3.63) is 47.9 Å². The van der Waals surface area contributed by atoms with Crippen molar-refractivity contribution in [2.75, 3.05) is 12.4 Å². The first-order valence-corrected chi connectivity index (χ1v) is 6.26. The monoisotopic (exact) mass is 289 g/mol. The summed E-state index contributed by atoms with van der Waals surface area (Å²) in [6, 6.07) is 10.2. The number of furan rings is 1. The molecule has 1 heterocycles. The van der Waals surface area contributed by atoms with E-state index < -0.39 is 5.97 Å². The maximum atomic E-state index is 11.3. The number of rotatable bonds is 5. The van der Waals surface area contributed by atoms with Crippen LogP contribution in [0.1, 0.15) is 23.2 Å². The first-order valence-electron chi connectivity index (χ1n) is 6.26. The van der Waals surface area contributed by atoms with Crippen molar-refractivity contribution in [1.29, 1.82) is 0 Å². The van der Waals surface area contributed by atoms with Crippen LogP contribution in [0.2, 0.25) is 0 Å². The molecule has 0 bridgehead atoms. The van der Waals surface area contributed by atoms with Crippen molar-refractivity contribution < 1.29 is 23.5 Å². The third kappa shape index (κ3) is 4.10. The smallest absolute Gasteiger partial charge is 0.373 e. The minimum atomic E-state index is -0.533. The third-order valence-electron chi connectivity index (χ3n) is 2.58. The summed E-state index contributed by atoms with van der Waals surface area (Å²) < 4.78 is 15.4. The van der Waals surface area contributed by atoms with E-state index in [1.807, 2.05) is 0 Å². The summed E-state index contributed by atoms with van der Waals surface area (Å²) in [5.74, 6) is 0.524. The minimum absolute atomic E-state index is 0.128. The van der Waals surface area contributed by atoms with Crippen molar-refractivity contribution in [3.63, 3.8) is 0 Å². The zero-order valence-corrected chi connectivity index (χ0v) is 11.7. The predicted molar refractivity (Wildman–Crippen MR) is 75.1 cm³/mol. The number of methoxy groups -OCH3 is 1. The number of anilines is 1. The Morgan fingerprint density at radius 3 is 2.76 bits per heavy atom. The molecular formula is C15H15NO5. The van der Waals surface area contributed by atoms with E-state index in [0.717, 1.165) is 0 Å². The number of nitrogens with one attached hydrogen (secondary N) is 1. The number of benzene rings is 1. The highest BCUT2D eigenvalue weighted by Crippen LogP contribution is 2.19. The summed E-state index contributed by atoms with van der Waals surface area (Å²) >= 11 is 0. The van der Waals surface area contributed by atoms with Gasteiger partial charge in [0.25, 0.3) is 0 Å². The molecule has 0 aliphatic carbocycles. The van der Waals surface area contributed by atoms with Crippen LogP contribution in [0.25, 0.3) is 0 Å². The maximum absolute atomic E-state index is 11.3. The Labute approximate surface area is 121 Å². The molecule has 6 heteroatoms. The standard InChI is InChI=1S/C15H15NO5/c1-10(17)16-11-4-3-5-12(8-11)20-9-13-6-7-14(21-13)15(18)19-2/h3-8H,9H2,1-2H3,(H,16,17). The molecule has 21 heavy (non-hydrogen) atoms. The van der Waals surface area contributed by atoms with Gasteiger partial charge in [-0.1, -0.05) is 6.07 Å². The van der Waals surface area contributed by atoms with E-state index in [1.54, 1.807) is 30.3 Å². The first kappa shape index (κ1) is 14.6. The van der Waals surface area contributed by atoms with Crippen LogP contribution < -0.4 is 10.1 Å². The quantitative estimate of drug-likeness (QED) is 0.856. The molecule has 0 fully saturated rings. The Balaban J connectivity index is 1.98. The number of carbonyl (C=O) groups excluding carboxylic acids is 2. The van der Waals surface area contributed by atoms with Gasteiger partial charge in [0.15, 0.2) is 0 Å². The summed E-state index contributed by atoms with van der Waals surface area (Å²) in [6.07, 6.45) is 0. The highest BCUT2D eigenvalue weighted by molar-refractivity contribution is 5.88. The van der Waals surface area contributed by atoms with Crippen molar-refractivity contribution in [2.45, 2.75) is 13.5 Å². The molecule has 1 aromatic heterocycles. The van der Waals surface area contributed by atoms with Gasteiger partial charge in [-0.15, -0.1) is 0 Å². The van der Waals surface area contributed by atoms with E-state index in [4.69, 9.17) is 9.15 Å². The van der Waals surface area contributed by atoms with Crippen LogP contribution >= 0.6 is 0 Å². The van der Waals surface area contributed by atoms with E-state index in [9.17, 15) is 9.59 Å². The van der Waals surface area contributed by atoms with Crippen molar-refractivity contribution in [3.8, 4) is 5.75 Å². The van der Waals surface area contributed by atoms with Crippen LogP contribution in [-0.4, -0.2) is 19.0 Å². The SMILES string of the molecule is COC(=O)c1ccc(COc2cccc(NC(C)=O)c2)o1. The molecule has 0 atom stereocenters. The number of hydrogen-bond donors (Lipinski definition) is 1. The predicted octanol–water partition coefficient (Wildman–Crippen LogP) is 2.60.